The Morgan fingerprint density at radius 3 is 2.52 bits per heavy atom. The zero-order chi connectivity index (χ0) is 18.8. The molecule has 4 rings (SSSR count). The highest BCUT2D eigenvalue weighted by molar-refractivity contribution is 7.71. The Bertz CT molecular complexity index is 968. The van der Waals surface area contributed by atoms with E-state index in [9.17, 15) is 4.79 Å². The molecule has 0 atom stereocenters. The predicted octanol–water partition coefficient (Wildman–Crippen LogP) is 3.93. The molecule has 2 aromatic heterocycles. The number of amides is 1. The maximum atomic E-state index is 12.8. The van der Waals surface area contributed by atoms with E-state index >= 15 is 0 Å². The minimum atomic E-state index is 0.0636. The first kappa shape index (κ1) is 18.0. The van der Waals surface area contributed by atoms with Crippen molar-refractivity contribution in [3.8, 4) is 11.4 Å². The minimum Gasteiger partial charge on any atom is -0.351 e. The summed E-state index contributed by atoms with van der Waals surface area (Å²) in [6, 6.07) is 11.9. The van der Waals surface area contributed by atoms with E-state index in [4.69, 9.17) is 23.8 Å². The summed E-state index contributed by atoms with van der Waals surface area (Å²) in [5.41, 5.74) is 0.867. The highest BCUT2D eigenvalue weighted by atomic mass is 35.5. The van der Waals surface area contributed by atoms with E-state index in [2.05, 4.69) is 27.2 Å². The summed E-state index contributed by atoms with van der Waals surface area (Å²) in [5.74, 6) is 0.709. The van der Waals surface area contributed by atoms with Crippen molar-refractivity contribution in [2.75, 3.05) is 13.1 Å². The molecule has 1 saturated heterocycles. The quantitative estimate of drug-likeness (QED) is 0.674. The molecule has 1 N–H and O–H groups in total. The van der Waals surface area contributed by atoms with Gasteiger partial charge >= 0.3 is 0 Å². The molecule has 0 saturated carbocycles. The van der Waals surface area contributed by atoms with E-state index in [1.807, 2.05) is 29.2 Å². The van der Waals surface area contributed by atoms with E-state index in [0.29, 0.717) is 21.7 Å². The number of carbonyl (C=O) groups is 1. The Balaban J connectivity index is 1.45. The second-order valence-electron chi connectivity index (χ2n) is 6.69. The monoisotopic (exact) mass is 401 g/mol. The fraction of sp³-hybridized carbons (Fsp3) is 0.316. The number of nitrogens with zero attached hydrogens (tertiary/aromatic N) is 4. The largest absolute Gasteiger partial charge is 0.351 e. The highest BCUT2D eigenvalue weighted by Gasteiger charge is 2.24. The van der Waals surface area contributed by atoms with Crippen molar-refractivity contribution in [1.82, 2.24) is 24.2 Å². The number of aromatic amines is 1. The van der Waals surface area contributed by atoms with Gasteiger partial charge in [-0.05, 0) is 61.5 Å². The second-order valence-corrected chi connectivity index (χ2v) is 7.51. The van der Waals surface area contributed by atoms with Gasteiger partial charge in [0, 0.05) is 42.1 Å². The molecule has 1 aromatic carbocycles. The van der Waals surface area contributed by atoms with E-state index in [-0.39, 0.29) is 12.5 Å². The third-order valence-electron chi connectivity index (χ3n) is 5.02. The zero-order valence-corrected chi connectivity index (χ0v) is 16.3. The van der Waals surface area contributed by atoms with Crippen molar-refractivity contribution < 1.29 is 4.79 Å². The van der Waals surface area contributed by atoms with Crippen LogP contribution in [0.3, 0.4) is 0 Å². The maximum Gasteiger partial charge on any atom is 0.242 e. The topological polar surface area (TPSA) is 58.9 Å². The molecular weight excluding hydrogens is 382 g/mol. The third kappa shape index (κ3) is 3.84. The lowest BCUT2D eigenvalue weighted by molar-refractivity contribution is -0.133. The van der Waals surface area contributed by atoms with Gasteiger partial charge in [0.25, 0.3) is 0 Å². The van der Waals surface area contributed by atoms with Gasteiger partial charge in [0.1, 0.15) is 6.54 Å². The number of aromatic nitrogens is 4. The molecule has 1 amide bonds. The number of carbonyl (C=O) groups excluding carboxylic acids is 1. The zero-order valence-electron chi connectivity index (χ0n) is 14.7. The Kier molecular flexibility index (Phi) is 5.13. The van der Waals surface area contributed by atoms with Crippen LogP contribution in [0, 0.1) is 4.77 Å². The van der Waals surface area contributed by atoms with Crippen LogP contribution in [0.1, 0.15) is 18.9 Å². The number of hydrogen-bond donors (Lipinski definition) is 1. The second kappa shape index (κ2) is 7.70. The average molecular weight is 402 g/mol. The number of piperidine rings is 1. The smallest absolute Gasteiger partial charge is 0.242 e. The molecule has 27 heavy (non-hydrogen) atoms. The molecule has 0 bridgehead atoms. The number of benzene rings is 1. The molecule has 3 heterocycles. The van der Waals surface area contributed by atoms with E-state index in [0.717, 1.165) is 31.5 Å². The van der Waals surface area contributed by atoms with Gasteiger partial charge in [0.2, 0.25) is 5.91 Å². The molecule has 1 fully saturated rings. The fourth-order valence-electron chi connectivity index (χ4n) is 3.52. The summed E-state index contributed by atoms with van der Waals surface area (Å²) >= 11 is 11.3. The van der Waals surface area contributed by atoms with Gasteiger partial charge < -0.3 is 9.47 Å². The van der Waals surface area contributed by atoms with Gasteiger partial charge in [0.15, 0.2) is 10.6 Å². The van der Waals surface area contributed by atoms with Gasteiger partial charge in [-0.25, -0.2) is 0 Å². The summed E-state index contributed by atoms with van der Waals surface area (Å²) in [5, 5.41) is 7.73. The van der Waals surface area contributed by atoms with Crippen LogP contribution in [0.5, 0.6) is 0 Å². The molecule has 8 heteroatoms. The summed E-state index contributed by atoms with van der Waals surface area (Å²) in [6.45, 7) is 1.69. The molecule has 6 nitrogen and oxygen atoms in total. The van der Waals surface area contributed by atoms with Crippen molar-refractivity contribution in [2.24, 2.45) is 0 Å². The van der Waals surface area contributed by atoms with Crippen LogP contribution < -0.4 is 0 Å². The number of halogens is 1. The molecule has 1 aliphatic heterocycles. The Hall–Kier alpha value is -2.38. The average Bonchev–Trinajstić information content (AvgIpc) is 3.34. The van der Waals surface area contributed by atoms with Crippen molar-refractivity contribution >= 4 is 29.7 Å². The van der Waals surface area contributed by atoms with Crippen LogP contribution >= 0.6 is 23.8 Å². The van der Waals surface area contributed by atoms with E-state index in [1.165, 1.54) is 0 Å². The van der Waals surface area contributed by atoms with E-state index < -0.39 is 0 Å². The van der Waals surface area contributed by atoms with Crippen LogP contribution in [0.15, 0.2) is 48.8 Å². The summed E-state index contributed by atoms with van der Waals surface area (Å²) in [4.78, 5) is 14.8. The molecule has 0 unspecified atom stereocenters. The van der Waals surface area contributed by atoms with Crippen molar-refractivity contribution in [2.45, 2.75) is 25.4 Å². The number of rotatable bonds is 4. The van der Waals surface area contributed by atoms with Gasteiger partial charge in [-0.15, -0.1) is 0 Å². The molecule has 3 aromatic rings. The standard InChI is InChI=1S/C19H20ClN5OS/c20-15-5-3-14(4-6-15)18-21-22-19(27)25(18)13-17(26)24-11-7-16(8-12-24)23-9-1-2-10-23/h1-6,9-10,16H,7-8,11-13H2,(H,22,27). The molecule has 0 aliphatic carbocycles. The molecule has 140 valence electrons. The lowest BCUT2D eigenvalue weighted by Gasteiger charge is -2.33. The Labute approximate surface area is 167 Å². The maximum absolute atomic E-state index is 12.8. The lowest BCUT2D eigenvalue weighted by Crippen LogP contribution is -2.40. The normalized spacial score (nSPS) is 15.2. The van der Waals surface area contributed by atoms with Crippen molar-refractivity contribution in [3.05, 3.63) is 58.6 Å². The number of likely N-dealkylation sites (tertiary alicyclic amines) is 1. The van der Waals surface area contributed by atoms with Crippen LogP contribution in [0.25, 0.3) is 11.4 Å². The van der Waals surface area contributed by atoms with Crippen molar-refractivity contribution in [1.29, 1.82) is 0 Å². The fourth-order valence-corrected chi connectivity index (χ4v) is 3.85. The number of hydrogen-bond acceptors (Lipinski definition) is 3. The predicted molar refractivity (Wildman–Crippen MR) is 107 cm³/mol. The number of nitrogens with one attached hydrogen (secondary N) is 1. The van der Waals surface area contributed by atoms with Gasteiger partial charge in [-0.3, -0.25) is 14.5 Å². The first-order chi connectivity index (χ1) is 13.1. The Morgan fingerprint density at radius 2 is 1.85 bits per heavy atom. The lowest BCUT2D eigenvalue weighted by atomic mass is 10.0. The van der Waals surface area contributed by atoms with Gasteiger partial charge in [-0.1, -0.05) is 11.6 Å². The van der Waals surface area contributed by atoms with Crippen LogP contribution in [0.4, 0.5) is 0 Å². The summed E-state index contributed by atoms with van der Waals surface area (Å²) in [7, 11) is 0. The highest BCUT2D eigenvalue weighted by Crippen LogP contribution is 2.24. The SMILES string of the molecule is O=C(Cn1c(-c2ccc(Cl)cc2)n[nH]c1=S)N1CCC(n2cccc2)CC1. The van der Waals surface area contributed by atoms with Crippen LogP contribution in [-0.4, -0.2) is 43.2 Å². The summed E-state index contributed by atoms with van der Waals surface area (Å²) in [6.07, 6.45) is 6.10. The molecule has 0 radical (unpaired) electrons. The molecule has 0 spiro atoms. The third-order valence-corrected chi connectivity index (χ3v) is 5.58. The van der Waals surface area contributed by atoms with Gasteiger partial charge in [-0.2, -0.15) is 5.10 Å². The van der Waals surface area contributed by atoms with Crippen LogP contribution in [0.2, 0.25) is 5.02 Å². The van der Waals surface area contributed by atoms with Crippen molar-refractivity contribution in [3.63, 3.8) is 0 Å². The Morgan fingerprint density at radius 1 is 1.19 bits per heavy atom. The molecule has 1 aliphatic rings. The minimum absolute atomic E-state index is 0.0636. The van der Waals surface area contributed by atoms with E-state index in [1.54, 1.807) is 16.7 Å². The molecular formula is C19H20ClN5OS. The number of H-pyrrole nitrogens is 1. The van der Waals surface area contributed by atoms with Gasteiger partial charge in [0.05, 0.1) is 0 Å². The summed E-state index contributed by atoms with van der Waals surface area (Å²) < 4.78 is 4.42. The first-order valence-electron chi connectivity index (χ1n) is 8.93. The van der Waals surface area contributed by atoms with Crippen LogP contribution in [-0.2, 0) is 11.3 Å². The first-order valence-corrected chi connectivity index (χ1v) is 9.72.